The topological polar surface area (TPSA) is 29.5 Å². The Balaban J connectivity index is 2.08. The van der Waals surface area contributed by atoms with Crippen molar-refractivity contribution < 1.29 is 9.84 Å². The Bertz CT molecular complexity index is 573. The minimum absolute atomic E-state index is 0.338. The third-order valence-electron chi connectivity index (χ3n) is 3.54. The molecule has 0 radical (unpaired) electrons. The molecule has 18 heavy (non-hydrogen) atoms. The highest BCUT2D eigenvalue weighted by Crippen LogP contribution is 2.48. The monoisotopic (exact) mass is 240 g/mol. The molecule has 2 nitrogen and oxygen atoms in total. The fraction of sp³-hybridized carbons (Fsp3) is 0.250. The molecule has 0 aliphatic carbocycles. The molecule has 92 valence electrons. The van der Waals surface area contributed by atoms with Crippen LogP contribution in [0.5, 0.6) is 5.75 Å². The molecule has 0 saturated heterocycles. The molecular weight excluding hydrogens is 224 g/mol. The highest BCUT2D eigenvalue weighted by molar-refractivity contribution is 5.46. The Kier molecular flexibility index (Phi) is 2.42. The van der Waals surface area contributed by atoms with Crippen LogP contribution in [-0.2, 0) is 5.60 Å². The molecule has 0 aromatic heterocycles. The summed E-state index contributed by atoms with van der Waals surface area (Å²) in [6.07, 6.45) is -0.338. The second-order valence-electron chi connectivity index (χ2n) is 5.06. The van der Waals surface area contributed by atoms with Gasteiger partial charge >= 0.3 is 0 Å². The summed E-state index contributed by atoms with van der Waals surface area (Å²) in [6, 6.07) is 15.8. The van der Waals surface area contributed by atoms with Crippen molar-refractivity contribution in [3.8, 4) is 5.75 Å². The maximum Gasteiger partial charge on any atom is 0.156 e. The molecule has 1 N–H and O–H groups in total. The van der Waals surface area contributed by atoms with Gasteiger partial charge in [0, 0.05) is 5.56 Å². The number of fused-ring (bicyclic) bond motifs is 1. The van der Waals surface area contributed by atoms with E-state index in [4.69, 9.17) is 4.74 Å². The zero-order chi connectivity index (χ0) is 12.8. The van der Waals surface area contributed by atoms with Crippen LogP contribution in [0.4, 0.5) is 0 Å². The van der Waals surface area contributed by atoms with Crippen molar-refractivity contribution in [2.45, 2.75) is 25.6 Å². The van der Waals surface area contributed by atoms with Gasteiger partial charge in [-0.1, -0.05) is 42.0 Å². The summed E-state index contributed by atoms with van der Waals surface area (Å²) in [5.74, 6) is 0.777. The average molecular weight is 240 g/mol. The first-order valence-corrected chi connectivity index (χ1v) is 6.14. The number of benzene rings is 2. The van der Waals surface area contributed by atoms with E-state index in [1.165, 1.54) is 0 Å². The lowest BCUT2D eigenvalue weighted by molar-refractivity contribution is -0.0261. The first-order valence-electron chi connectivity index (χ1n) is 6.14. The van der Waals surface area contributed by atoms with E-state index in [0.717, 1.165) is 22.4 Å². The van der Waals surface area contributed by atoms with Gasteiger partial charge in [0.2, 0.25) is 0 Å². The van der Waals surface area contributed by atoms with Gasteiger partial charge in [-0.3, -0.25) is 0 Å². The zero-order valence-corrected chi connectivity index (χ0v) is 10.6. The number of hydrogen-bond donors (Lipinski definition) is 1. The highest BCUT2D eigenvalue weighted by Gasteiger charge is 2.44. The van der Waals surface area contributed by atoms with Crippen LogP contribution >= 0.6 is 0 Å². The highest BCUT2D eigenvalue weighted by atomic mass is 16.5. The fourth-order valence-electron chi connectivity index (χ4n) is 2.55. The first kappa shape index (κ1) is 11.3. The molecule has 0 unspecified atom stereocenters. The lowest BCUT2D eigenvalue weighted by atomic mass is 9.87. The van der Waals surface area contributed by atoms with Gasteiger partial charge in [0.05, 0.1) is 0 Å². The number of aryl methyl sites for hydroxylation is 1. The average Bonchev–Trinajstić information content (AvgIpc) is 2.63. The van der Waals surface area contributed by atoms with Crippen molar-refractivity contribution in [2.75, 3.05) is 0 Å². The van der Waals surface area contributed by atoms with E-state index in [9.17, 15) is 5.11 Å². The summed E-state index contributed by atoms with van der Waals surface area (Å²) in [6.45, 7) is 3.84. The molecular formula is C16H16O2. The molecule has 2 atom stereocenters. The van der Waals surface area contributed by atoms with E-state index in [2.05, 4.69) is 0 Å². The normalized spacial score (nSPS) is 25.6. The summed E-state index contributed by atoms with van der Waals surface area (Å²) in [4.78, 5) is 0. The van der Waals surface area contributed by atoms with Crippen LogP contribution in [-0.4, -0.2) is 5.11 Å². The Labute approximate surface area is 107 Å². The lowest BCUT2D eigenvalue weighted by Crippen LogP contribution is -2.27. The van der Waals surface area contributed by atoms with Gasteiger partial charge < -0.3 is 9.84 Å². The predicted octanol–water partition coefficient (Wildman–Crippen LogP) is 3.34. The molecule has 1 heterocycles. The Hall–Kier alpha value is -1.80. The maximum atomic E-state index is 10.8. The number of rotatable bonds is 1. The van der Waals surface area contributed by atoms with Crippen molar-refractivity contribution in [1.29, 1.82) is 0 Å². The van der Waals surface area contributed by atoms with Crippen LogP contribution in [0.15, 0.2) is 48.5 Å². The number of ether oxygens (including phenoxy) is 1. The van der Waals surface area contributed by atoms with Crippen LogP contribution in [0.1, 0.15) is 29.7 Å². The van der Waals surface area contributed by atoms with E-state index in [0.29, 0.717) is 0 Å². The quantitative estimate of drug-likeness (QED) is 0.828. The summed E-state index contributed by atoms with van der Waals surface area (Å²) in [5, 5.41) is 10.8. The lowest BCUT2D eigenvalue weighted by Gasteiger charge is -2.24. The predicted molar refractivity (Wildman–Crippen MR) is 70.6 cm³/mol. The van der Waals surface area contributed by atoms with Gasteiger partial charge in [0.1, 0.15) is 11.4 Å². The van der Waals surface area contributed by atoms with E-state index < -0.39 is 5.60 Å². The van der Waals surface area contributed by atoms with Crippen LogP contribution in [0.25, 0.3) is 0 Å². The largest absolute Gasteiger partial charge is 0.482 e. The molecule has 0 fully saturated rings. The second kappa shape index (κ2) is 3.85. The zero-order valence-electron chi connectivity index (χ0n) is 10.6. The molecule has 1 aliphatic rings. The summed E-state index contributed by atoms with van der Waals surface area (Å²) in [5.41, 5.74) is 2.02. The maximum absolute atomic E-state index is 10.8. The van der Waals surface area contributed by atoms with E-state index >= 15 is 0 Å². The van der Waals surface area contributed by atoms with Gasteiger partial charge in [-0.2, -0.15) is 0 Å². The minimum Gasteiger partial charge on any atom is -0.482 e. The summed E-state index contributed by atoms with van der Waals surface area (Å²) in [7, 11) is 0. The third-order valence-corrected chi connectivity index (χ3v) is 3.54. The first-order chi connectivity index (χ1) is 8.59. The van der Waals surface area contributed by atoms with Gasteiger partial charge in [0.15, 0.2) is 6.10 Å². The molecule has 2 aromatic carbocycles. The SMILES string of the molecule is Cc1ccc2c(c1)[C@@](C)(O)[C@@H](c1ccccc1)O2. The van der Waals surface area contributed by atoms with Crippen molar-refractivity contribution in [3.63, 3.8) is 0 Å². The fourth-order valence-corrected chi connectivity index (χ4v) is 2.55. The Morgan fingerprint density at radius 2 is 1.83 bits per heavy atom. The molecule has 2 aromatic rings. The summed E-state index contributed by atoms with van der Waals surface area (Å²) >= 11 is 0. The van der Waals surface area contributed by atoms with Crippen molar-refractivity contribution in [3.05, 3.63) is 65.2 Å². The van der Waals surface area contributed by atoms with E-state index in [1.54, 1.807) is 0 Å². The molecule has 0 amide bonds. The van der Waals surface area contributed by atoms with Crippen LogP contribution in [0, 0.1) is 6.92 Å². The minimum atomic E-state index is -0.983. The summed E-state index contributed by atoms with van der Waals surface area (Å²) < 4.78 is 5.91. The molecule has 1 aliphatic heterocycles. The number of hydrogen-bond acceptors (Lipinski definition) is 2. The molecule has 0 bridgehead atoms. The number of aliphatic hydroxyl groups is 1. The smallest absolute Gasteiger partial charge is 0.156 e. The van der Waals surface area contributed by atoms with Crippen LogP contribution in [0.3, 0.4) is 0 Å². The van der Waals surface area contributed by atoms with Crippen molar-refractivity contribution in [1.82, 2.24) is 0 Å². The standard InChI is InChI=1S/C16H16O2/c1-11-8-9-14-13(10-11)16(2,17)15(18-14)12-6-4-3-5-7-12/h3-10,15,17H,1-2H3/t15-,16-/m1/s1. The van der Waals surface area contributed by atoms with Gasteiger partial charge in [0.25, 0.3) is 0 Å². The van der Waals surface area contributed by atoms with E-state index in [1.807, 2.05) is 62.4 Å². The molecule has 3 rings (SSSR count). The van der Waals surface area contributed by atoms with Gasteiger partial charge in [-0.05, 0) is 31.5 Å². The Morgan fingerprint density at radius 3 is 2.56 bits per heavy atom. The van der Waals surface area contributed by atoms with Crippen molar-refractivity contribution >= 4 is 0 Å². The molecule has 0 saturated carbocycles. The molecule has 0 spiro atoms. The third kappa shape index (κ3) is 1.61. The van der Waals surface area contributed by atoms with Crippen LogP contribution < -0.4 is 4.74 Å². The van der Waals surface area contributed by atoms with Crippen molar-refractivity contribution in [2.24, 2.45) is 0 Å². The van der Waals surface area contributed by atoms with Crippen LogP contribution in [0.2, 0.25) is 0 Å². The second-order valence-corrected chi connectivity index (χ2v) is 5.06. The Morgan fingerprint density at radius 1 is 1.11 bits per heavy atom. The van der Waals surface area contributed by atoms with Gasteiger partial charge in [-0.25, -0.2) is 0 Å². The van der Waals surface area contributed by atoms with E-state index in [-0.39, 0.29) is 6.10 Å². The van der Waals surface area contributed by atoms with Gasteiger partial charge in [-0.15, -0.1) is 0 Å². The molecule has 2 heteroatoms.